The molecule has 6 heteroatoms. The molecule has 0 aromatic heterocycles. The second kappa shape index (κ2) is 5.75. The van der Waals surface area contributed by atoms with Crippen molar-refractivity contribution >= 4 is 29.4 Å². The molecule has 0 aliphatic carbocycles. The summed E-state index contributed by atoms with van der Waals surface area (Å²) < 4.78 is 0. The third kappa shape index (κ3) is 2.90. The van der Waals surface area contributed by atoms with E-state index in [-0.39, 0.29) is 11.4 Å². The van der Waals surface area contributed by atoms with Crippen molar-refractivity contribution in [1.82, 2.24) is 4.90 Å². The Bertz CT molecular complexity index is 547. The van der Waals surface area contributed by atoms with Crippen molar-refractivity contribution in [3.05, 3.63) is 29.3 Å². The Labute approximate surface area is 122 Å². The zero-order valence-electron chi connectivity index (χ0n) is 11.7. The van der Waals surface area contributed by atoms with Crippen molar-refractivity contribution in [2.24, 2.45) is 0 Å². The van der Waals surface area contributed by atoms with Crippen LogP contribution < -0.4 is 5.32 Å². The lowest BCUT2D eigenvalue weighted by Gasteiger charge is -2.25. The van der Waals surface area contributed by atoms with Gasteiger partial charge in [0.25, 0.3) is 0 Å². The Morgan fingerprint density at radius 2 is 2.10 bits per heavy atom. The molecule has 1 aliphatic heterocycles. The first-order valence-electron chi connectivity index (χ1n) is 6.41. The molecule has 2 unspecified atom stereocenters. The number of hydrogen-bond donors (Lipinski definition) is 2. The smallest absolute Gasteiger partial charge is 0.327 e. The molecule has 0 spiro atoms. The predicted octanol–water partition coefficient (Wildman–Crippen LogP) is 2.68. The zero-order chi connectivity index (χ0) is 14.9. The highest BCUT2D eigenvalue weighted by molar-refractivity contribution is 8.00. The van der Waals surface area contributed by atoms with Crippen LogP contribution in [0.5, 0.6) is 0 Å². The number of hydrogen-bond acceptors (Lipinski definition) is 3. The molecule has 0 radical (unpaired) electrons. The van der Waals surface area contributed by atoms with Crippen molar-refractivity contribution in [2.45, 2.75) is 32.2 Å². The summed E-state index contributed by atoms with van der Waals surface area (Å²) >= 11 is 1.47. The lowest BCUT2D eigenvalue weighted by Crippen LogP contribution is -2.46. The molecule has 2 rings (SSSR count). The first-order valence-corrected chi connectivity index (χ1v) is 7.46. The zero-order valence-corrected chi connectivity index (χ0v) is 12.5. The molecule has 0 saturated carbocycles. The van der Waals surface area contributed by atoms with E-state index in [1.165, 1.54) is 16.7 Å². The van der Waals surface area contributed by atoms with Gasteiger partial charge < -0.3 is 10.4 Å². The molecule has 1 aromatic rings. The van der Waals surface area contributed by atoms with Crippen LogP contribution in [0.3, 0.4) is 0 Å². The predicted molar refractivity (Wildman–Crippen MR) is 80.1 cm³/mol. The Kier molecular flexibility index (Phi) is 4.23. The number of carbonyl (C=O) groups excluding carboxylic acids is 1. The standard InChI is InChI=1S/C14H18N2O3S/c1-8-4-5-11(9(2)6-8)15-14(19)16-10(3)20-7-12(16)13(17)18/h4-6,10,12H,7H2,1-3H3,(H,15,19)(H,17,18). The van der Waals surface area contributed by atoms with Gasteiger partial charge in [0.1, 0.15) is 6.04 Å². The Hall–Kier alpha value is -1.69. The third-order valence-electron chi connectivity index (χ3n) is 3.37. The quantitative estimate of drug-likeness (QED) is 0.880. The van der Waals surface area contributed by atoms with E-state index in [0.29, 0.717) is 11.4 Å². The first kappa shape index (κ1) is 14.7. The number of aliphatic carboxylic acids is 1. The fraction of sp³-hybridized carbons (Fsp3) is 0.429. The molecule has 1 aromatic carbocycles. The van der Waals surface area contributed by atoms with Gasteiger partial charge in [0.15, 0.2) is 0 Å². The molecule has 20 heavy (non-hydrogen) atoms. The number of rotatable bonds is 2. The number of carboxylic acids is 1. The Morgan fingerprint density at radius 1 is 1.40 bits per heavy atom. The number of amides is 2. The Morgan fingerprint density at radius 3 is 2.70 bits per heavy atom. The van der Waals surface area contributed by atoms with Crippen molar-refractivity contribution < 1.29 is 14.7 Å². The van der Waals surface area contributed by atoms with Crippen LogP contribution in [-0.2, 0) is 4.79 Å². The third-order valence-corrected chi connectivity index (χ3v) is 4.58. The van der Waals surface area contributed by atoms with Gasteiger partial charge in [0, 0.05) is 11.4 Å². The van der Waals surface area contributed by atoms with Gasteiger partial charge in [-0.3, -0.25) is 4.90 Å². The maximum absolute atomic E-state index is 12.3. The minimum atomic E-state index is -0.961. The van der Waals surface area contributed by atoms with Crippen molar-refractivity contribution in [1.29, 1.82) is 0 Å². The number of nitrogens with zero attached hydrogens (tertiary/aromatic N) is 1. The molecule has 1 heterocycles. The van der Waals surface area contributed by atoms with Crippen LogP contribution in [0.1, 0.15) is 18.1 Å². The highest BCUT2D eigenvalue weighted by Gasteiger charge is 2.39. The van der Waals surface area contributed by atoms with Gasteiger partial charge in [-0.25, -0.2) is 9.59 Å². The number of urea groups is 1. The monoisotopic (exact) mass is 294 g/mol. The van der Waals surface area contributed by atoms with Crippen molar-refractivity contribution in [2.75, 3.05) is 11.1 Å². The van der Waals surface area contributed by atoms with E-state index in [2.05, 4.69) is 5.32 Å². The van der Waals surface area contributed by atoms with E-state index < -0.39 is 12.0 Å². The molecule has 0 bridgehead atoms. The van der Waals surface area contributed by atoms with E-state index in [1.54, 1.807) is 0 Å². The molecule has 5 nitrogen and oxygen atoms in total. The van der Waals surface area contributed by atoms with Crippen LogP contribution >= 0.6 is 11.8 Å². The van der Waals surface area contributed by atoms with Crippen LogP contribution in [0.25, 0.3) is 0 Å². The van der Waals surface area contributed by atoms with Crippen LogP contribution in [0.15, 0.2) is 18.2 Å². The van der Waals surface area contributed by atoms with Crippen LogP contribution in [0.2, 0.25) is 0 Å². The highest BCUT2D eigenvalue weighted by Crippen LogP contribution is 2.29. The van der Waals surface area contributed by atoms with Gasteiger partial charge in [-0.05, 0) is 32.4 Å². The lowest BCUT2D eigenvalue weighted by atomic mass is 10.1. The topological polar surface area (TPSA) is 69.6 Å². The minimum Gasteiger partial charge on any atom is -0.480 e. The molecule has 108 valence electrons. The van der Waals surface area contributed by atoms with E-state index in [1.807, 2.05) is 39.0 Å². The fourth-order valence-electron chi connectivity index (χ4n) is 2.27. The van der Waals surface area contributed by atoms with Crippen molar-refractivity contribution in [3.63, 3.8) is 0 Å². The molecule has 1 fully saturated rings. The van der Waals surface area contributed by atoms with Crippen LogP contribution in [0.4, 0.5) is 10.5 Å². The maximum atomic E-state index is 12.3. The van der Waals surface area contributed by atoms with Crippen LogP contribution in [0, 0.1) is 13.8 Å². The highest BCUT2D eigenvalue weighted by atomic mass is 32.2. The van der Waals surface area contributed by atoms with E-state index in [0.717, 1.165) is 11.1 Å². The first-order chi connectivity index (χ1) is 9.40. The second-order valence-corrected chi connectivity index (χ2v) is 6.29. The minimum absolute atomic E-state index is 0.137. The average Bonchev–Trinajstić information content (AvgIpc) is 2.75. The second-order valence-electron chi connectivity index (χ2n) is 4.94. The Balaban J connectivity index is 2.16. The number of anilines is 1. The molecular weight excluding hydrogens is 276 g/mol. The lowest BCUT2D eigenvalue weighted by molar-refractivity contribution is -0.141. The van der Waals surface area contributed by atoms with E-state index in [4.69, 9.17) is 0 Å². The molecule has 1 saturated heterocycles. The maximum Gasteiger partial charge on any atom is 0.327 e. The molecule has 2 atom stereocenters. The van der Waals surface area contributed by atoms with Gasteiger partial charge in [-0.1, -0.05) is 17.7 Å². The number of nitrogens with one attached hydrogen (secondary N) is 1. The van der Waals surface area contributed by atoms with Gasteiger partial charge in [-0.2, -0.15) is 0 Å². The average molecular weight is 294 g/mol. The summed E-state index contributed by atoms with van der Waals surface area (Å²) in [5.41, 5.74) is 2.80. The summed E-state index contributed by atoms with van der Waals surface area (Å²) in [6.45, 7) is 5.74. The summed E-state index contributed by atoms with van der Waals surface area (Å²) in [6, 6.07) is 4.61. The SMILES string of the molecule is Cc1ccc(NC(=O)N2C(C)SCC2C(=O)O)c(C)c1. The normalized spacial score (nSPS) is 21.9. The number of aryl methyl sites for hydroxylation is 2. The summed E-state index contributed by atoms with van der Waals surface area (Å²) in [6.07, 6.45) is 0. The summed E-state index contributed by atoms with van der Waals surface area (Å²) in [7, 11) is 0. The largest absolute Gasteiger partial charge is 0.480 e. The molecule has 2 amide bonds. The van der Waals surface area contributed by atoms with E-state index >= 15 is 0 Å². The van der Waals surface area contributed by atoms with Gasteiger partial charge >= 0.3 is 12.0 Å². The number of benzene rings is 1. The van der Waals surface area contributed by atoms with Gasteiger partial charge in [-0.15, -0.1) is 11.8 Å². The number of carboxylic acid groups (broad SMARTS) is 1. The van der Waals surface area contributed by atoms with Crippen LogP contribution in [-0.4, -0.2) is 39.2 Å². The van der Waals surface area contributed by atoms with Gasteiger partial charge in [0.05, 0.1) is 5.37 Å². The molecule has 2 N–H and O–H groups in total. The fourth-order valence-corrected chi connectivity index (χ4v) is 3.44. The number of thioether (sulfide) groups is 1. The molecule has 1 aliphatic rings. The van der Waals surface area contributed by atoms with E-state index in [9.17, 15) is 14.7 Å². The molecular formula is C14H18N2O3S. The summed E-state index contributed by atoms with van der Waals surface area (Å²) in [4.78, 5) is 24.9. The summed E-state index contributed by atoms with van der Waals surface area (Å²) in [5.74, 6) is -0.533. The van der Waals surface area contributed by atoms with Crippen molar-refractivity contribution in [3.8, 4) is 0 Å². The van der Waals surface area contributed by atoms with Gasteiger partial charge in [0.2, 0.25) is 0 Å². The summed E-state index contributed by atoms with van der Waals surface area (Å²) in [5, 5.41) is 11.8. The number of carbonyl (C=O) groups is 2.